The van der Waals surface area contributed by atoms with Crippen LogP contribution in [0.25, 0.3) is 10.9 Å². The first kappa shape index (κ1) is 19.2. The molecule has 5 nitrogen and oxygen atoms in total. The van der Waals surface area contributed by atoms with Crippen molar-refractivity contribution in [2.45, 2.75) is 33.1 Å². The maximum Gasteiger partial charge on any atom is 0.292 e. The number of hydrogen-bond acceptors (Lipinski definition) is 3. The Balaban J connectivity index is 1.95. The fraction of sp³-hybridized carbons (Fsp3) is 0.500. The zero-order valence-corrected chi connectivity index (χ0v) is 15.8. The molecule has 0 unspecified atom stereocenters. The van der Waals surface area contributed by atoms with Gasteiger partial charge in [-0.2, -0.15) is 0 Å². The van der Waals surface area contributed by atoms with Crippen molar-refractivity contribution in [2.75, 3.05) is 26.7 Å². The number of fused-ring (bicyclic) bond motifs is 1. The van der Waals surface area contributed by atoms with Gasteiger partial charge in [0.1, 0.15) is 0 Å². The predicted octanol–water partition coefficient (Wildman–Crippen LogP) is 2.91. The molecule has 0 aliphatic heterocycles. The third-order valence-corrected chi connectivity index (χ3v) is 4.73. The van der Waals surface area contributed by atoms with Crippen molar-refractivity contribution in [3.8, 4) is 0 Å². The summed E-state index contributed by atoms with van der Waals surface area (Å²) < 4.78 is 1.96. The number of carbonyl (C=O) groups excluding carboxylic acids is 2. The quantitative estimate of drug-likeness (QED) is 0.433. The summed E-state index contributed by atoms with van der Waals surface area (Å²) in [6, 6.07) is 7.68. The fourth-order valence-corrected chi connectivity index (χ4v) is 3.09. The second-order valence-electron chi connectivity index (χ2n) is 6.63. The minimum Gasteiger partial charge on any atom is -0.349 e. The first-order chi connectivity index (χ1) is 12.0. The van der Waals surface area contributed by atoms with Gasteiger partial charge in [0, 0.05) is 30.2 Å². The van der Waals surface area contributed by atoms with Gasteiger partial charge in [-0.3, -0.25) is 9.59 Å². The number of para-hydroxylation sites is 1. The number of Topliss-reactive ketones (excluding diaryl/α,β-unsaturated/α-hetero) is 1. The van der Waals surface area contributed by atoms with Crippen LogP contribution in [0, 0.1) is 6.92 Å². The molecule has 1 N–H and O–H groups in total. The van der Waals surface area contributed by atoms with Gasteiger partial charge in [-0.05, 0) is 46.0 Å². The van der Waals surface area contributed by atoms with E-state index in [2.05, 4.69) is 24.2 Å². The van der Waals surface area contributed by atoms with Crippen molar-refractivity contribution in [2.24, 2.45) is 7.05 Å². The summed E-state index contributed by atoms with van der Waals surface area (Å²) in [6.45, 7) is 6.56. The van der Waals surface area contributed by atoms with Crippen LogP contribution >= 0.6 is 0 Å². The van der Waals surface area contributed by atoms with Crippen LogP contribution in [0.1, 0.15) is 42.2 Å². The molecule has 0 saturated heterocycles. The summed E-state index contributed by atoms with van der Waals surface area (Å²) in [7, 11) is 4.00. The van der Waals surface area contributed by atoms with Crippen LogP contribution in [-0.4, -0.2) is 47.8 Å². The predicted molar refractivity (Wildman–Crippen MR) is 102 cm³/mol. The van der Waals surface area contributed by atoms with E-state index in [-0.39, 0.29) is 0 Å². The van der Waals surface area contributed by atoms with E-state index >= 15 is 0 Å². The van der Waals surface area contributed by atoms with E-state index in [9.17, 15) is 9.59 Å². The molecular formula is C20H29N3O2. The van der Waals surface area contributed by atoms with Gasteiger partial charge in [0.15, 0.2) is 0 Å². The number of carbonyl (C=O) groups is 2. The molecule has 0 bridgehead atoms. The number of ketones is 1. The smallest absolute Gasteiger partial charge is 0.292 e. The number of hydrogen-bond donors (Lipinski definition) is 1. The van der Waals surface area contributed by atoms with Crippen molar-refractivity contribution in [1.82, 2.24) is 14.8 Å². The summed E-state index contributed by atoms with van der Waals surface area (Å²) in [6.07, 6.45) is 3.20. The Bertz CT molecular complexity index is 749. The van der Waals surface area contributed by atoms with Gasteiger partial charge >= 0.3 is 0 Å². The molecule has 1 amide bonds. The Hall–Kier alpha value is -2.14. The number of nitrogens with one attached hydrogen (secondary N) is 1. The maximum atomic E-state index is 12.6. The fourth-order valence-electron chi connectivity index (χ4n) is 3.09. The van der Waals surface area contributed by atoms with Crippen LogP contribution in [0.4, 0.5) is 0 Å². The first-order valence-electron chi connectivity index (χ1n) is 9.02. The molecule has 5 heteroatoms. The molecule has 0 aliphatic carbocycles. The molecular weight excluding hydrogens is 314 g/mol. The summed E-state index contributed by atoms with van der Waals surface area (Å²) in [5, 5.41) is 3.60. The molecule has 1 heterocycles. The van der Waals surface area contributed by atoms with Crippen molar-refractivity contribution >= 4 is 22.6 Å². The lowest BCUT2D eigenvalue weighted by atomic mass is 10.1. The molecule has 0 spiro atoms. The number of aromatic nitrogens is 1. The molecule has 2 rings (SSSR count). The zero-order chi connectivity index (χ0) is 18.4. The van der Waals surface area contributed by atoms with Crippen LogP contribution in [0.15, 0.2) is 24.3 Å². The van der Waals surface area contributed by atoms with E-state index in [0.29, 0.717) is 12.1 Å². The average Bonchev–Trinajstić information content (AvgIpc) is 2.87. The summed E-state index contributed by atoms with van der Waals surface area (Å²) in [4.78, 5) is 27.2. The van der Waals surface area contributed by atoms with Gasteiger partial charge in [-0.1, -0.05) is 31.5 Å². The molecule has 136 valence electrons. The molecule has 0 atom stereocenters. The van der Waals surface area contributed by atoms with Crippen LogP contribution in [0.2, 0.25) is 0 Å². The Morgan fingerprint density at radius 2 is 1.84 bits per heavy atom. The largest absolute Gasteiger partial charge is 0.349 e. The highest BCUT2D eigenvalue weighted by atomic mass is 16.2. The normalized spacial score (nSPS) is 11.2. The molecule has 2 aromatic rings. The molecule has 1 aromatic carbocycles. The monoisotopic (exact) mass is 343 g/mol. The third-order valence-electron chi connectivity index (χ3n) is 4.73. The SMILES string of the molecule is CCCCN(C)CCCNC(=O)C(=O)c1c(C)n(C)c2ccccc12. The number of aryl methyl sites for hydroxylation is 1. The molecule has 1 aromatic heterocycles. The average molecular weight is 343 g/mol. The zero-order valence-electron chi connectivity index (χ0n) is 15.8. The van der Waals surface area contributed by atoms with Crippen LogP contribution < -0.4 is 5.32 Å². The molecule has 0 aliphatic rings. The standard InChI is InChI=1S/C20H29N3O2/c1-5-6-13-22(3)14-9-12-21-20(25)19(24)18-15(2)23(4)17-11-8-7-10-16(17)18/h7-8,10-11H,5-6,9,12-14H2,1-4H3,(H,21,25). The molecule has 25 heavy (non-hydrogen) atoms. The van der Waals surface area contributed by atoms with E-state index in [1.807, 2.05) is 42.8 Å². The van der Waals surface area contributed by atoms with E-state index in [0.717, 1.165) is 36.1 Å². The van der Waals surface area contributed by atoms with Gasteiger partial charge in [-0.25, -0.2) is 0 Å². The lowest BCUT2D eigenvalue weighted by molar-refractivity contribution is -0.117. The summed E-state index contributed by atoms with van der Waals surface area (Å²) in [5.41, 5.74) is 2.30. The first-order valence-corrected chi connectivity index (χ1v) is 9.02. The Labute approximate surface area is 150 Å². The Morgan fingerprint density at radius 1 is 1.16 bits per heavy atom. The number of unbranched alkanes of at least 4 members (excludes halogenated alkanes) is 1. The van der Waals surface area contributed by atoms with Crippen molar-refractivity contribution in [3.63, 3.8) is 0 Å². The summed E-state index contributed by atoms with van der Waals surface area (Å²) in [5.74, 6) is -0.968. The van der Waals surface area contributed by atoms with Gasteiger partial charge in [0.05, 0.1) is 5.56 Å². The minimum absolute atomic E-state index is 0.450. The lowest BCUT2D eigenvalue weighted by Crippen LogP contribution is -2.33. The number of benzene rings is 1. The van der Waals surface area contributed by atoms with Crippen molar-refractivity contribution in [3.05, 3.63) is 35.5 Å². The van der Waals surface area contributed by atoms with Gasteiger partial charge in [0.2, 0.25) is 0 Å². The number of nitrogens with zero attached hydrogens (tertiary/aromatic N) is 2. The van der Waals surface area contributed by atoms with E-state index in [1.54, 1.807) is 0 Å². The lowest BCUT2D eigenvalue weighted by Gasteiger charge is -2.15. The van der Waals surface area contributed by atoms with Crippen LogP contribution in [-0.2, 0) is 11.8 Å². The van der Waals surface area contributed by atoms with Crippen molar-refractivity contribution < 1.29 is 9.59 Å². The van der Waals surface area contributed by atoms with E-state index in [4.69, 9.17) is 0 Å². The Kier molecular flexibility index (Phi) is 6.76. The van der Waals surface area contributed by atoms with Crippen LogP contribution in [0.3, 0.4) is 0 Å². The number of rotatable bonds is 9. The van der Waals surface area contributed by atoms with Gasteiger partial charge < -0.3 is 14.8 Å². The molecule has 0 saturated carbocycles. The highest BCUT2D eigenvalue weighted by Crippen LogP contribution is 2.25. The summed E-state index contributed by atoms with van der Waals surface area (Å²) >= 11 is 0. The van der Waals surface area contributed by atoms with E-state index in [1.165, 1.54) is 12.8 Å². The molecule has 0 radical (unpaired) electrons. The highest BCUT2D eigenvalue weighted by Gasteiger charge is 2.23. The number of amides is 1. The third kappa shape index (κ3) is 4.48. The highest BCUT2D eigenvalue weighted by molar-refractivity contribution is 6.45. The van der Waals surface area contributed by atoms with E-state index < -0.39 is 11.7 Å². The maximum absolute atomic E-state index is 12.6. The van der Waals surface area contributed by atoms with Crippen molar-refractivity contribution in [1.29, 1.82) is 0 Å². The molecule has 0 fully saturated rings. The van der Waals surface area contributed by atoms with Gasteiger partial charge in [0.25, 0.3) is 11.7 Å². The topological polar surface area (TPSA) is 54.3 Å². The minimum atomic E-state index is -0.518. The second kappa shape index (κ2) is 8.81. The van der Waals surface area contributed by atoms with Gasteiger partial charge in [-0.15, -0.1) is 0 Å². The Morgan fingerprint density at radius 3 is 2.56 bits per heavy atom. The second-order valence-corrected chi connectivity index (χ2v) is 6.63. The van der Waals surface area contributed by atoms with Crippen LogP contribution in [0.5, 0.6) is 0 Å².